The standard InChI is InChI=1S/C17H29NOSi/c1-14-16(13-19-20(5,6)17(2,3)4)18(14)12-15-10-8-7-9-11-15/h7-11,14,16H,12-13H2,1-6H3/t14-,16+,18?/m1/s1. The van der Waals surface area contributed by atoms with E-state index in [0.717, 1.165) is 13.2 Å². The summed E-state index contributed by atoms with van der Waals surface area (Å²) >= 11 is 0. The number of benzene rings is 1. The number of rotatable bonds is 5. The zero-order valence-electron chi connectivity index (χ0n) is 13.8. The molecule has 1 aromatic rings. The minimum atomic E-state index is -1.61. The molecule has 3 heteroatoms. The Morgan fingerprint density at radius 2 is 1.75 bits per heavy atom. The Bertz CT molecular complexity index is 438. The van der Waals surface area contributed by atoms with Gasteiger partial charge in [0.05, 0.1) is 6.61 Å². The first-order valence-electron chi connectivity index (χ1n) is 7.66. The van der Waals surface area contributed by atoms with Crippen LogP contribution in [0, 0.1) is 0 Å². The smallest absolute Gasteiger partial charge is 0.192 e. The van der Waals surface area contributed by atoms with E-state index in [1.54, 1.807) is 0 Å². The first-order chi connectivity index (χ1) is 9.22. The van der Waals surface area contributed by atoms with E-state index in [0.29, 0.717) is 17.1 Å². The van der Waals surface area contributed by atoms with E-state index < -0.39 is 8.32 Å². The summed E-state index contributed by atoms with van der Waals surface area (Å²) in [6, 6.07) is 12.0. The summed E-state index contributed by atoms with van der Waals surface area (Å²) in [4.78, 5) is 2.53. The molecule has 1 heterocycles. The normalized spacial score (nSPS) is 26.6. The van der Waals surface area contributed by atoms with Crippen LogP contribution in [0.15, 0.2) is 30.3 Å². The van der Waals surface area contributed by atoms with Crippen LogP contribution in [0.5, 0.6) is 0 Å². The van der Waals surface area contributed by atoms with Crippen molar-refractivity contribution in [1.82, 2.24) is 4.90 Å². The fourth-order valence-corrected chi connectivity index (χ4v) is 3.30. The van der Waals surface area contributed by atoms with Crippen molar-refractivity contribution in [2.75, 3.05) is 6.61 Å². The van der Waals surface area contributed by atoms with E-state index in [1.165, 1.54) is 5.56 Å². The van der Waals surface area contributed by atoms with Crippen LogP contribution in [-0.4, -0.2) is 31.9 Å². The molecule has 0 saturated carbocycles. The fourth-order valence-electron chi connectivity index (χ4n) is 2.28. The van der Waals surface area contributed by atoms with Gasteiger partial charge in [0.15, 0.2) is 8.32 Å². The number of hydrogen-bond acceptors (Lipinski definition) is 2. The van der Waals surface area contributed by atoms with Crippen LogP contribution in [0.25, 0.3) is 0 Å². The third kappa shape index (κ3) is 3.51. The third-order valence-corrected chi connectivity index (χ3v) is 9.55. The van der Waals surface area contributed by atoms with Gasteiger partial charge in [0, 0.05) is 18.6 Å². The van der Waals surface area contributed by atoms with Gasteiger partial charge in [-0.15, -0.1) is 0 Å². The lowest BCUT2D eigenvalue weighted by Crippen LogP contribution is -2.42. The van der Waals surface area contributed by atoms with Crippen molar-refractivity contribution < 1.29 is 4.43 Å². The van der Waals surface area contributed by atoms with Crippen LogP contribution >= 0.6 is 0 Å². The molecule has 0 bridgehead atoms. The van der Waals surface area contributed by atoms with E-state index in [4.69, 9.17) is 4.43 Å². The Hall–Kier alpha value is -0.643. The van der Waals surface area contributed by atoms with Crippen molar-refractivity contribution in [2.24, 2.45) is 0 Å². The number of hydrogen-bond donors (Lipinski definition) is 0. The van der Waals surface area contributed by atoms with Crippen molar-refractivity contribution >= 4 is 8.32 Å². The van der Waals surface area contributed by atoms with Gasteiger partial charge >= 0.3 is 0 Å². The lowest BCUT2D eigenvalue weighted by molar-refractivity contribution is 0.268. The van der Waals surface area contributed by atoms with Crippen molar-refractivity contribution in [3.8, 4) is 0 Å². The van der Waals surface area contributed by atoms with Crippen LogP contribution in [-0.2, 0) is 11.0 Å². The van der Waals surface area contributed by atoms with Crippen LogP contribution in [0.4, 0.5) is 0 Å². The van der Waals surface area contributed by atoms with Crippen LogP contribution in [0.1, 0.15) is 33.3 Å². The summed E-state index contributed by atoms with van der Waals surface area (Å²) in [6.07, 6.45) is 0. The molecule has 0 spiro atoms. The Balaban J connectivity index is 1.84. The first-order valence-corrected chi connectivity index (χ1v) is 10.6. The average molecular weight is 292 g/mol. The molecule has 1 saturated heterocycles. The van der Waals surface area contributed by atoms with Crippen LogP contribution in [0.2, 0.25) is 18.1 Å². The molecule has 20 heavy (non-hydrogen) atoms. The molecular weight excluding hydrogens is 262 g/mol. The topological polar surface area (TPSA) is 12.2 Å². The minimum Gasteiger partial charge on any atom is -0.415 e. The van der Waals surface area contributed by atoms with Gasteiger partial charge in [0.2, 0.25) is 0 Å². The molecule has 1 aliphatic heterocycles. The fraction of sp³-hybridized carbons (Fsp3) is 0.647. The highest BCUT2D eigenvalue weighted by molar-refractivity contribution is 6.74. The van der Waals surface area contributed by atoms with Gasteiger partial charge in [-0.1, -0.05) is 51.1 Å². The van der Waals surface area contributed by atoms with Gasteiger partial charge in [-0.3, -0.25) is 4.90 Å². The van der Waals surface area contributed by atoms with E-state index in [2.05, 4.69) is 76.0 Å². The maximum absolute atomic E-state index is 6.35. The Morgan fingerprint density at radius 3 is 2.30 bits per heavy atom. The molecule has 0 aliphatic carbocycles. The molecule has 1 aromatic carbocycles. The molecule has 112 valence electrons. The van der Waals surface area contributed by atoms with Crippen molar-refractivity contribution in [2.45, 2.75) is 64.5 Å². The van der Waals surface area contributed by atoms with Gasteiger partial charge in [-0.2, -0.15) is 0 Å². The highest BCUT2D eigenvalue weighted by Gasteiger charge is 2.46. The van der Waals surface area contributed by atoms with Crippen LogP contribution < -0.4 is 0 Å². The SMILES string of the molecule is C[C@@H]1[C@H](CO[Si](C)(C)C(C)(C)C)N1Cc1ccccc1. The number of nitrogens with zero attached hydrogens (tertiary/aromatic N) is 1. The molecule has 1 unspecified atom stereocenters. The summed E-state index contributed by atoms with van der Waals surface area (Å²) in [6.45, 7) is 15.8. The summed E-state index contributed by atoms with van der Waals surface area (Å²) < 4.78 is 6.35. The largest absolute Gasteiger partial charge is 0.415 e. The summed E-state index contributed by atoms with van der Waals surface area (Å²) in [5.74, 6) is 0. The molecule has 0 amide bonds. The second-order valence-electron chi connectivity index (χ2n) is 7.54. The Labute approximate surface area is 125 Å². The Morgan fingerprint density at radius 1 is 1.15 bits per heavy atom. The predicted octanol–water partition coefficient (Wildman–Crippen LogP) is 4.28. The molecule has 0 N–H and O–H groups in total. The zero-order chi connectivity index (χ0) is 15.0. The quantitative estimate of drug-likeness (QED) is 0.593. The molecule has 0 aromatic heterocycles. The lowest BCUT2D eigenvalue weighted by Gasteiger charge is -2.36. The van der Waals surface area contributed by atoms with Crippen molar-refractivity contribution in [3.05, 3.63) is 35.9 Å². The average Bonchev–Trinajstić information content (AvgIpc) is 2.96. The van der Waals surface area contributed by atoms with Gasteiger partial charge in [-0.25, -0.2) is 0 Å². The van der Waals surface area contributed by atoms with E-state index >= 15 is 0 Å². The minimum absolute atomic E-state index is 0.301. The molecule has 2 nitrogen and oxygen atoms in total. The molecular formula is C17H29NOSi. The summed E-state index contributed by atoms with van der Waals surface area (Å²) in [5.41, 5.74) is 1.40. The monoisotopic (exact) mass is 291 g/mol. The first kappa shape index (κ1) is 15.7. The van der Waals surface area contributed by atoms with Gasteiger partial charge < -0.3 is 4.43 Å². The molecule has 1 aliphatic rings. The molecule has 2 rings (SSSR count). The van der Waals surface area contributed by atoms with Crippen LogP contribution in [0.3, 0.4) is 0 Å². The second-order valence-corrected chi connectivity index (χ2v) is 12.3. The van der Waals surface area contributed by atoms with E-state index in [9.17, 15) is 0 Å². The third-order valence-electron chi connectivity index (χ3n) is 5.05. The highest BCUT2D eigenvalue weighted by atomic mass is 28.4. The van der Waals surface area contributed by atoms with Crippen molar-refractivity contribution in [1.29, 1.82) is 0 Å². The van der Waals surface area contributed by atoms with Gasteiger partial charge in [0.25, 0.3) is 0 Å². The van der Waals surface area contributed by atoms with Gasteiger partial charge in [-0.05, 0) is 30.6 Å². The summed E-state index contributed by atoms with van der Waals surface area (Å²) in [7, 11) is -1.61. The maximum atomic E-state index is 6.35. The van der Waals surface area contributed by atoms with Gasteiger partial charge in [0.1, 0.15) is 0 Å². The lowest BCUT2D eigenvalue weighted by atomic mass is 10.2. The van der Waals surface area contributed by atoms with E-state index in [-0.39, 0.29) is 0 Å². The maximum Gasteiger partial charge on any atom is 0.192 e. The molecule has 0 radical (unpaired) electrons. The van der Waals surface area contributed by atoms with Crippen molar-refractivity contribution in [3.63, 3.8) is 0 Å². The predicted molar refractivity (Wildman–Crippen MR) is 88.4 cm³/mol. The Kier molecular flexibility index (Phi) is 4.43. The molecule has 3 atom stereocenters. The van der Waals surface area contributed by atoms with E-state index in [1.807, 2.05) is 0 Å². The second kappa shape index (κ2) is 5.62. The highest BCUT2D eigenvalue weighted by Crippen LogP contribution is 2.38. The summed E-state index contributed by atoms with van der Waals surface area (Å²) in [5, 5.41) is 0.301. The molecule has 1 fully saturated rings. The zero-order valence-corrected chi connectivity index (χ0v) is 14.8.